The highest BCUT2D eigenvalue weighted by molar-refractivity contribution is 7.88. The smallest absolute Gasteiger partial charge is 0.224 e. The lowest BCUT2D eigenvalue weighted by Gasteiger charge is -2.32. The highest BCUT2D eigenvalue weighted by atomic mass is 32.2. The van der Waals surface area contributed by atoms with E-state index in [9.17, 15) is 13.2 Å². The number of amides is 1. The van der Waals surface area contributed by atoms with Gasteiger partial charge in [-0.25, -0.2) is 12.7 Å². The number of sulfonamides is 1. The predicted octanol–water partition coefficient (Wildman–Crippen LogP) is 2.68. The molecule has 0 spiro atoms. The van der Waals surface area contributed by atoms with Crippen LogP contribution in [0, 0.1) is 5.92 Å². The van der Waals surface area contributed by atoms with E-state index in [0.717, 1.165) is 31.2 Å². The van der Waals surface area contributed by atoms with Crippen LogP contribution >= 0.6 is 0 Å². The maximum atomic E-state index is 12.7. The fourth-order valence-corrected chi connectivity index (χ4v) is 5.46. The van der Waals surface area contributed by atoms with Crippen molar-refractivity contribution in [2.75, 3.05) is 13.1 Å². The quantitative estimate of drug-likeness (QED) is 0.873. The van der Waals surface area contributed by atoms with Crippen molar-refractivity contribution in [1.82, 2.24) is 9.62 Å². The van der Waals surface area contributed by atoms with Gasteiger partial charge in [0.15, 0.2) is 0 Å². The largest absolute Gasteiger partial charge is 0.353 e. The van der Waals surface area contributed by atoms with Gasteiger partial charge >= 0.3 is 0 Å². The second-order valence-electron chi connectivity index (χ2n) is 7.28. The lowest BCUT2D eigenvalue weighted by atomic mass is 9.93. The molecule has 1 aliphatic carbocycles. The summed E-state index contributed by atoms with van der Waals surface area (Å²) in [7, 11) is -3.38. The SMILES string of the molecule is O=C(NC1CCCCC1)[C@H]1CCCN(S(=O)(=O)Cc2ccccc2)C1. The number of hydrogen-bond donors (Lipinski definition) is 1. The zero-order valence-electron chi connectivity index (χ0n) is 14.7. The summed E-state index contributed by atoms with van der Waals surface area (Å²) in [5, 5.41) is 3.15. The third kappa shape index (κ3) is 5.05. The van der Waals surface area contributed by atoms with Crippen LogP contribution in [-0.4, -0.2) is 37.8 Å². The van der Waals surface area contributed by atoms with Crippen molar-refractivity contribution >= 4 is 15.9 Å². The molecule has 25 heavy (non-hydrogen) atoms. The summed E-state index contributed by atoms with van der Waals surface area (Å²) in [6.45, 7) is 0.829. The summed E-state index contributed by atoms with van der Waals surface area (Å²) in [5.74, 6) is -0.183. The van der Waals surface area contributed by atoms with Gasteiger partial charge in [0.1, 0.15) is 0 Å². The van der Waals surface area contributed by atoms with Gasteiger partial charge in [-0.2, -0.15) is 0 Å². The van der Waals surface area contributed by atoms with Crippen LogP contribution in [-0.2, 0) is 20.6 Å². The molecule has 1 amide bonds. The third-order valence-electron chi connectivity index (χ3n) is 5.29. The number of nitrogens with zero attached hydrogens (tertiary/aromatic N) is 1. The van der Waals surface area contributed by atoms with Crippen LogP contribution in [0.25, 0.3) is 0 Å². The lowest BCUT2D eigenvalue weighted by Crippen LogP contribution is -2.48. The van der Waals surface area contributed by atoms with E-state index in [1.807, 2.05) is 30.3 Å². The molecule has 6 heteroatoms. The Hall–Kier alpha value is -1.40. The van der Waals surface area contributed by atoms with Gasteiger partial charge in [0.25, 0.3) is 0 Å². The second-order valence-corrected chi connectivity index (χ2v) is 9.25. The average Bonchev–Trinajstić information content (AvgIpc) is 2.63. The van der Waals surface area contributed by atoms with Crippen LogP contribution in [0.3, 0.4) is 0 Å². The van der Waals surface area contributed by atoms with Gasteiger partial charge in [0.2, 0.25) is 15.9 Å². The van der Waals surface area contributed by atoms with E-state index in [-0.39, 0.29) is 23.6 Å². The average molecular weight is 365 g/mol. The Morgan fingerprint density at radius 1 is 1.04 bits per heavy atom. The molecule has 138 valence electrons. The van der Waals surface area contributed by atoms with E-state index in [1.165, 1.54) is 23.6 Å². The molecule has 1 aromatic rings. The molecule has 0 aromatic heterocycles. The van der Waals surface area contributed by atoms with Gasteiger partial charge in [0, 0.05) is 19.1 Å². The van der Waals surface area contributed by atoms with Gasteiger partial charge in [-0.15, -0.1) is 0 Å². The molecule has 1 N–H and O–H groups in total. The Labute approximate surface area is 150 Å². The Morgan fingerprint density at radius 3 is 2.48 bits per heavy atom. The fraction of sp³-hybridized carbons (Fsp3) is 0.632. The minimum absolute atomic E-state index is 0.00477. The fourth-order valence-electron chi connectivity index (χ4n) is 3.85. The zero-order chi connectivity index (χ0) is 17.7. The Kier molecular flexibility index (Phi) is 6.12. The summed E-state index contributed by atoms with van der Waals surface area (Å²) in [5.41, 5.74) is 0.788. The molecule has 0 unspecified atom stereocenters. The number of rotatable bonds is 5. The first-order valence-electron chi connectivity index (χ1n) is 9.37. The number of nitrogens with one attached hydrogen (secondary N) is 1. The van der Waals surface area contributed by atoms with E-state index in [2.05, 4.69) is 5.32 Å². The Balaban J connectivity index is 1.59. The summed E-state index contributed by atoms with van der Waals surface area (Å²) in [6, 6.07) is 9.51. The van der Waals surface area contributed by atoms with Crippen LogP contribution in [0.2, 0.25) is 0 Å². The van der Waals surface area contributed by atoms with Crippen molar-refractivity contribution in [2.45, 2.75) is 56.7 Å². The minimum Gasteiger partial charge on any atom is -0.353 e. The standard InChI is InChI=1S/C19H28N2O3S/c22-19(20-18-11-5-2-6-12-18)17-10-7-13-21(14-17)25(23,24)15-16-8-3-1-4-9-16/h1,3-4,8-9,17-18H,2,5-7,10-15H2,(H,20,22)/t17-/m0/s1. The number of carbonyl (C=O) groups excluding carboxylic acids is 1. The lowest BCUT2D eigenvalue weighted by molar-refractivity contribution is -0.127. The van der Waals surface area contributed by atoms with Gasteiger partial charge in [0.05, 0.1) is 11.7 Å². The van der Waals surface area contributed by atoms with Crippen molar-refractivity contribution in [3.8, 4) is 0 Å². The molecular formula is C19H28N2O3S. The van der Waals surface area contributed by atoms with E-state index in [1.54, 1.807) is 0 Å². The molecule has 0 radical (unpaired) electrons. The van der Waals surface area contributed by atoms with Gasteiger partial charge in [-0.3, -0.25) is 4.79 Å². The Morgan fingerprint density at radius 2 is 1.76 bits per heavy atom. The van der Waals surface area contributed by atoms with Crippen molar-refractivity contribution < 1.29 is 13.2 Å². The predicted molar refractivity (Wildman–Crippen MR) is 98.4 cm³/mol. The van der Waals surface area contributed by atoms with Crippen molar-refractivity contribution in [1.29, 1.82) is 0 Å². The highest BCUT2D eigenvalue weighted by Gasteiger charge is 2.33. The van der Waals surface area contributed by atoms with E-state index in [0.29, 0.717) is 13.1 Å². The molecule has 5 nitrogen and oxygen atoms in total. The molecule has 1 saturated heterocycles. The molecule has 1 atom stereocenters. The van der Waals surface area contributed by atoms with Gasteiger partial charge in [-0.05, 0) is 31.2 Å². The summed E-state index contributed by atoms with van der Waals surface area (Å²) in [4.78, 5) is 12.6. The summed E-state index contributed by atoms with van der Waals surface area (Å²) >= 11 is 0. The van der Waals surface area contributed by atoms with Crippen LogP contribution in [0.1, 0.15) is 50.5 Å². The first-order valence-corrected chi connectivity index (χ1v) is 11.0. The van der Waals surface area contributed by atoms with Crippen molar-refractivity contribution in [2.24, 2.45) is 5.92 Å². The number of benzene rings is 1. The molecule has 1 saturated carbocycles. The maximum Gasteiger partial charge on any atom is 0.224 e. The van der Waals surface area contributed by atoms with Crippen LogP contribution in [0.5, 0.6) is 0 Å². The molecule has 1 heterocycles. The highest BCUT2D eigenvalue weighted by Crippen LogP contribution is 2.23. The summed E-state index contributed by atoms with van der Waals surface area (Å²) < 4.78 is 26.9. The zero-order valence-corrected chi connectivity index (χ0v) is 15.5. The minimum atomic E-state index is -3.38. The Bertz CT molecular complexity index is 669. The van der Waals surface area contributed by atoms with E-state index >= 15 is 0 Å². The molecule has 2 fully saturated rings. The molecule has 0 bridgehead atoms. The van der Waals surface area contributed by atoms with Crippen LogP contribution in [0.4, 0.5) is 0 Å². The van der Waals surface area contributed by atoms with Crippen LogP contribution in [0.15, 0.2) is 30.3 Å². The van der Waals surface area contributed by atoms with Crippen molar-refractivity contribution in [3.63, 3.8) is 0 Å². The molecule has 2 aliphatic rings. The third-order valence-corrected chi connectivity index (χ3v) is 7.11. The maximum absolute atomic E-state index is 12.7. The first-order chi connectivity index (χ1) is 12.0. The number of piperidine rings is 1. The molecule has 1 aliphatic heterocycles. The topological polar surface area (TPSA) is 66.5 Å². The van der Waals surface area contributed by atoms with E-state index in [4.69, 9.17) is 0 Å². The monoisotopic (exact) mass is 364 g/mol. The number of hydrogen-bond acceptors (Lipinski definition) is 3. The van der Waals surface area contributed by atoms with E-state index < -0.39 is 10.0 Å². The summed E-state index contributed by atoms with van der Waals surface area (Å²) in [6.07, 6.45) is 7.22. The van der Waals surface area contributed by atoms with Crippen LogP contribution < -0.4 is 5.32 Å². The van der Waals surface area contributed by atoms with Gasteiger partial charge < -0.3 is 5.32 Å². The molecule has 1 aromatic carbocycles. The number of carbonyl (C=O) groups is 1. The van der Waals surface area contributed by atoms with Crippen molar-refractivity contribution in [3.05, 3.63) is 35.9 Å². The molecule has 3 rings (SSSR count). The van der Waals surface area contributed by atoms with Gasteiger partial charge in [-0.1, -0.05) is 49.6 Å². The first kappa shape index (κ1) is 18.4. The second kappa shape index (κ2) is 8.32. The normalized spacial score (nSPS) is 23.3. The molecular weight excluding hydrogens is 336 g/mol.